The third kappa shape index (κ3) is 3.66. The Morgan fingerprint density at radius 2 is 1.71 bits per heavy atom. The molecule has 1 aromatic carbocycles. The fraction of sp³-hybridized carbons (Fsp3) is 0.560. The Balaban J connectivity index is 1.85. The van der Waals surface area contributed by atoms with Crippen molar-refractivity contribution in [2.75, 3.05) is 7.05 Å². The van der Waals surface area contributed by atoms with Crippen LogP contribution in [-0.4, -0.2) is 38.6 Å². The minimum Gasteiger partial charge on any atom is -0.501 e. The predicted octanol–water partition coefficient (Wildman–Crippen LogP) is 3.60. The molecule has 6 heteroatoms. The third-order valence-electron chi connectivity index (χ3n) is 7.41. The summed E-state index contributed by atoms with van der Waals surface area (Å²) < 4.78 is 1.80. The van der Waals surface area contributed by atoms with E-state index in [2.05, 4.69) is 37.0 Å². The van der Waals surface area contributed by atoms with Crippen molar-refractivity contribution in [1.82, 2.24) is 14.5 Å². The highest BCUT2D eigenvalue weighted by Crippen LogP contribution is 2.44. The molecule has 1 atom stereocenters. The van der Waals surface area contributed by atoms with Gasteiger partial charge in [-0.3, -0.25) is 9.59 Å². The predicted molar refractivity (Wildman–Crippen MR) is 121 cm³/mol. The molecule has 4 rings (SSSR count). The third-order valence-corrected chi connectivity index (χ3v) is 7.41. The van der Waals surface area contributed by atoms with Crippen LogP contribution < -0.4 is 5.56 Å². The zero-order chi connectivity index (χ0) is 22.3. The van der Waals surface area contributed by atoms with Gasteiger partial charge in [0.05, 0.1) is 0 Å². The largest absolute Gasteiger partial charge is 0.501 e. The first-order chi connectivity index (χ1) is 14.8. The molecule has 1 N–H and O–H groups in total. The van der Waals surface area contributed by atoms with Crippen LogP contribution in [0, 0.1) is 0 Å². The summed E-state index contributed by atoms with van der Waals surface area (Å²) in [5, 5.41) is 10.4. The van der Waals surface area contributed by atoms with Crippen molar-refractivity contribution in [3.8, 4) is 5.75 Å². The lowest BCUT2D eigenvalue weighted by molar-refractivity contribution is 0.0660. The van der Waals surface area contributed by atoms with Crippen molar-refractivity contribution in [2.45, 2.75) is 83.7 Å². The van der Waals surface area contributed by atoms with E-state index in [4.69, 9.17) is 0 Å². The summed E-state index contributed by atoms with van der Waals surface area (Å²) in [7, 11) is 1.71. The minimum atomic E-state index is -0.706. The van der Waals surface area contributed by atoms with Gasteiger partial charge in [-0.05, 0) is 49.3 Å². The average Bonchev–Trinajstić information content (AvgIpc) is 3.24. The summed E-state index contributed by atoms with van der Waals surface area (Å²) in [4.78, 5) is 31.3. The average molecular weight is 424 g/mol. The number of nitrogens with zero attached hydrogens (tertiary/aromatic N) is 3. The Labute approximate surface area is 183 Å². The highest BCUT2D eigenvalue weighted by molar-refractivity contribution is 5.95. The Kier molecular flexibility index (Phi) is 5.67. The topological polar surface area (TPSA) is 75.4 Å². The van der Waals surface area contributed by atoms with Gasteiger partial charge >= 0.3 is 5.56 Å². The van der Waals surface area contributed by atoms with E-state index in [1.807, 2.05) is 6.92 Å². The number of aryl methyl sites for hydroxylation is 2. The number of aromatic nitrogens is 2. The summed E-state index contributed by atoms with van der Waals surface area (Å²) >= 11 is 0. The maximum atomic E-state index is 12.9. The van der Waals surface area contributed by atoms with E-state index in [0.717, 1.165) is 38.5 Å². The molecule has 166 valence electrons. The van der Waals surface area contributed by atoms with E-state index in [1.165, 1.54) is 16.7 Å². The summed E-state index contributed by atoms with van der Waals surface area (Å²) in [5.41, 5.74) is 3.28. The van der Waals surface area contributed by atoms with E-state index in [9.17, 15) is 14.7 Å². The van der Waals surface area contributed by atoms with Gasteiger partial charge in [0.2, 0.25) is 5.75 Å². The van der Waals surface area contributed by atoms with Crippen LogP contribution in [-0.2, 0) is 31.2 Å². The SMILES string of the molecule is CCc1cc(CC)cc(C2(Cc3nc(=O)c(O)c4n3C[C@H](C)N(C)C4=O)CCCC2)c1. The maximum Gasteiger partial charge on any atom is 0.315 e. The first-order valence-corrected chi connectivity index (χ1v) is 11.5. The Morgan fingerprint density at radius 1 is 1.10 bits per heavy atom. The molecule has 0 spiro atoms. The second kappa shape index (κ2) is 8.13. The van der Waals surface area contributed by atoms with Crippen LogP contribution in [0.25, 0.3) is 0 Å². The number of hydrogen-bond donors (Lipinski definition) is 1. The van der Waals surface area contributed by atoms with Crippen LogP contribution in [0.15, 0.2) is 23.0 Å². The van der Waals surface area contributed by atoms with E-state index >= 15 is 0 Å². The number of carbonyl (C=O) groups excluding carboxylic acids is 1. The summed E-state index contributed by atoms with van der Waals surface area (Å²) in [6, 6.07) is 6.90. The number of hydrogen-bond acceptors (Lipinski definition) is 4. The highest BCUT2D eigenvalue weighted by atomic mass is 16.3. The Bertz CT molecular complexity index is 1040. The fourth-order valence-corrected chi connectivity index (χ4v) is 5.29. The number of aromatic hydroxyl groups is 1. The van der Waals surface area contributed by atoms with Gasteiger partial charge in [-0.2, -0.15) is 4.98 Å². The molecular formula is C25H33N3O3. The van der Waals surface area contributed by atoms with Gasteiger partial charge in [-0.1, -0.05) is 44.9 Å². The van der Waals surface area contributed by atoms with Gasteiger partial charge in [0, 0.05) is 31.5 Å². The zero-order valence-electron chi connectivity index (χ0n) is 19.1. The Morgan fingerprint density at radius 3 is 2.29 bits per heavy atom. The fourth-order valence-electron chi connectivity index (χ4n) is 5.29. The molecular weight excluding hydrogens is 390 g/mol. The molecule has 0 radical (unpaired) electrons. The number of amides is 1. The van der Waals surface area contributed by atoms with Crippen LogP contribution in [0.1, 0.15) is 79.5 Å². The quantitative estimate of drug-likeness (QED) is 0.797. The van der Waals surface area contributed by atoms with Gasteiger partial charge in [0.25, 0.3) is 5.91 Å². The van der Waals surface area contributed by atoms with Gasteiger partial charge in [-0.15, -0.1) is 0 Å². The highest BCUT2D eigenvalue weighted by Gasteiger charge is 2.40. The first kappa shape index (κ1) is 21.6. The van der Waals surface area contributed by atoms with Crippen LogP contribution in [0.3, 0.4) is 0 Å². The van der Waals surface area contributed by atoms with Gasteiger partial charge in [0.1, 0.15) is 5.82 Å². The molecule has 0 saturated heterocycles. The van der Waals surface area contributed by atoms with Crippen LogP contribution >= 0.6 is 0 Å². The molecule has 1 aliphatic carbocycles. The lowest BCUT2D eigenvalue weighted by Crippen LogP contribution is -2.47. The van der Waals surface area contributed by atoms with Crippen molar-refractivity contribution in [3.63, 3.8) is 0 Å². The standard InChI is InChI=1S/C25H33N3O3/c1-5-17-11-18(6-2)13-19(12-17)25(9-7-8-10-25)14-20-26-23(30)22(29)21-24(31)27(4)16(3)15-28(20)21/h11-13,16,29H,5-10,14-15H2,1-4H3/t16-/m0/s1. The molecule has 1 saturated carbocycles. The zero-order valence-corrected chi connectivity index (χ0v) is 19.1. The lowest BCUT2D eigenvalue weighted by Gasteiger charge is -2.36. The first-order valence-electron chi connectivity index (χ1n) is 11.5. The van der Waals surface area contributed by atoms with Gasteiger partial charge < -0.3 is 14.6 Å². The van der Waals surface area contributed by atoms with E-state index in [-0.39, 0.29) is 23.1 Å². The monoisotopic (exact) mass is 423 g/mol. The second-order valence-corrected chi connectivity index (χ2v) is 9.32. The maximum absolute atomic E-state index is 12.9. The number of likely N-dealkylation sites (N-methyl/N-ethyl adjacent to an activating group) is 1. The van der Waals surface area contributed by atoms with Crippen molar-refractivity contribution >= 4 is 5.91 Å². The van der Waals surface area contributed by atoms with Crippen molar-refractivity contribution in [1.29, 1.82) is 0 Å². The second-order valence-electron chi connectivity index (χ2n) is 9.32. The van der Waals surface area contributed by atoms with Gasteiger partial charge in [0.15, 0.2) is 5.69 Å². The number of fused-ring (bicyclic) bond motifs is 1. The molecule has 0 bridgehead atoms. The van der Waals surface area contributed by atoms with E-state index < -0.39 is 11.3 Å². The molecule has 2 aromatic rings. The van der Waals surface area contributed by atoms with Gasteiger partial charge in [-0.25, -0.2) is 0 Å². The molecule has 2 heterocycles. The molecule has 6 nitrogen and oxygen atoms in total. The van der Waals surface area contributed by atoms with Crippen LogP contribution in [0.2, 0.25) is 0 Å². The number of carbonyl (C=O) groups is 1. The normalized spacial score (nSPS) is 20.2. The van der Waals surface area contributed by atoms with Crippen LogP contribution in [0.4, 0.5) is 0 Å². The van der Waals surface area contributed by atoms with Crippen LogP contribution in [0.5, 0.6) is 5.75 Å². The van der Waals surface area contributed by atoms with Crippen molar-refractivity contribution in [2.24, 2.45) is 0 Å². The van der Waals surface area contributed by atoms with Crippen molar-refractivity contribution in [3.05, 3.63) is 56.8 Å². The lowest BCUT2D eigenvalue weighted by atomic mass is 9.74. The summed E-state index contributed by atoms with van der Waals surface area (Å²) in [5.74, 6) is -0.235. The minimum absolute atomic E-state index is 0.0305. The van der Waals surface area contributed by atoms with Crippen molar-refractivity contribution < 1.29 is 9.90 Å². The van der Waals surface area contributed by atoms with E-state index in [1.54, 1.807) is 16.5 Å². The molecule has 31 heavy (non-hydrogen) atoms. The smallest absolute Gasteiger partial charge is 0.315 e. The Hall–Kier alpha value is -2.63. The summed E-state index contributed by atoms with van der Waals surface area (Å²) in [6.45, 7) is 6.87. The molecule has 1 fully saturated rings. The molecule has 0 unspecified atom stereocenters. The number of rotatable bonds is 5. The number of benzene rings is 1. The molecule has 1 aromatic heterocycles. The summed E-state index contributed by atoms with van der Waals surface area (Å²) in [6.07, 6.45) is 6.95. The van der Waals surface area contributed by atoms with E-state index in [0.29, 0.717) is 18.8 Å². The molecule has 1 aliphatic heterocycles. The molecule has 1 amide bonds. The molecule has 2 aliphatic rings.